The number of fused-ring (bicyclic) bond motifs is 5. The van der Waals surface area contributed by atoms with Gasteiger partial charge in [0, 0.05) is 13.1 Å². The SMILES string of the molecule is CSC1NCC2C(=O)N3C/C=C/CCCCN4C(=O)COC5CCC(NC54)N3C2N1. The Labute approximate surface area is 181 Å². The van der Waals surface area contributed by atoms with Crippen LogP contribution in [-0.2, 0) is 14.3 Å². The molecule has 30 heavy (non-hydrogen) atoms. The third-order valence-corrected chi connectivity index (χ3v) is 7.67. The third kappa shape index (κ3) is 3.67. The number of rotatable bonds is 1. The van der Waals surface area contributed by atoms with Gasteiger partial charge in [-0.1, -0.05) is 12.2 Å². The lowest BCUT2D eigenvalue weighted by molar-refractivity contribution is -0.176. The Kier molecular flexibility index (Phi) is 6.05. The van der Waals surface area contributed by atoms with Gasteiger partial charge in [-0.05, 0) is 38.4 Å². The first kappa shape index (κ1) is 20.7. The number of nitrogens with one attached hydrogen (secondary N) is 3. The van der Waals surface area contributed by atoms with Gasteiger partial charge >= 0.3 is 0 Å². The van der Waals surface area contributed by atoms with Gasteiger partial charge in [-0.15, -0.1) is 11.8 Å². The highest BCUT2D eigenvalue weighted by Gasteiger charge is 2.53. The van der Waals surface area contributed by atoms with Gasteiger partial charge in [0.1, 0.15) is 18.3 Å². The molecule has 0 aliphatic carbocycles. The molecule has 6 atom stereocenters. The van der Waals surface area contributed by atoms with Crippen molar-refractivity contribution in [2.75, 3.05) is 32.5 Å². The number of carbonyl (C=O) groups is 2. The van der Waals surface area contributed by atoms with Gasteiger partial charge in [-0.3, -0.25) is 30.5 Å². The number of nitrogens with zero attached hydrogens (tertiary/aromatic N) is 3. The Morgan fingerprint density at radius 1 is 1.13 bits per heavy atom. The monoisotopic (exact) mass is 436 g/mol. The highest BCUT2D eigenvalue weighted by atomic mass is 32.2. The molecule has 0 spiro atoms. The van der Waals surface area contributed by atoms with Crippen molar-refractivity contribution in [3.8, 4) is 0 Å². The normalized spacial score (nSPS) is 41.4. The van der Waals surface area contributed by atoms with Crippen molar-refractivity contribution in [3.63, 3.8) is 0 Å². The molecule has 0 aromatic carbocycles. The minimum absolute atomic E-state index is 0.0182. The zero-order valence-electron chi connectivity index (χ0n) is 17.5. The second-order valence-corrected chi connectivity index (χ2v) is 9.59. The molecule has 0 radical (unpaired) electrons. The van der Waals surface area contributed by atoms with Crippen molar-refractivity contribution < 1.29 is 14.3 Å². The summed E-state index contributed by atoms with van der Waals surface area (Å²) in [5.74, 6) is 0.106. The summed E-state index contributed by atoms with van der Waals surface area (Å²) >= 11 is 1.71. The first-order valence-corrected chi connectivity index (χ1v) is 12.4. The van der Waals surface area contributed by atoms with E-state index in [1.165, 1.54) is 0 Å². The summed E-state index contributed by atoms with van der Waals surface area (Å²) < 4.78 is 5.88. The van der Waals surface area contributed by atoms with Crippen LogP contribution in [0, 0.1) is 5.92 Å². The number of thioether (sulfide) groups is 1. The number of hydrogen-bond acceptors (Lipinski definition) is 8. The molecule has 0 aromatic rings. The fourth-order valence-corrected chi connectivity index (χ4v) is 5.91. The van der Waals surface area contributed by atoms with Crippen LogP contribution in [0.15, 0.2) is 12.2 Å². The molecule has 3 N–H and O–H groups in total. The Balaban J connectivity index is 1.46. The largest absolute Gasteiger partial charge is 0.365 e. The molecule has 5 aliphatic heterocycles. The van der Waals surface area contributed by atoms with E-state index in [0.717, 1.165) is 38.6 Å². The van der Waals surface area contributed by atoms with Crippen molar-refractivity contribution in [1.29, 1.82) is 0 Å². The quantitative estimate of drug-likeness (QED) is 0.489. The maximum absolute atomic E-state index is 13.3. The molecular weight excluding hydrogens is 404 g/mol. The molecule has 166 valence electrons. The molecule has 10 heteroatoms. The van der Waals surface area contributed by atoms with Crippen LogP contribution in [0.4, 0.5) is 0 Å². The predicted molar refractivity (Wildman–Crippen MR) is 114 cm³/mol. The number of hydrazine groups is 1. The van der Waals surface area contributed by atoms with Crippen LogP contribution in [0.1, 0.15) is 32.1 Å². The van der Waals surface area contributed by atoms with E-state index in [1.807, 2.05) is 9.91 Å². The number of piperidine rings is 1. The minimum atomic E-state index is -0.132. The number of carbonyl (C=O) groups excluding carboxylic acids is 2. The fraction of sp³-hybridized carbons (Fsp3) is 0.800. The predicted octanol–water partition coefficient (Wildman–Crippen LogP) is -0.170. The summed E-state index contributed by atoms with van der Waals surface area (Å²) in [5, 5.41) is 14.9. The molecule has 5 heterocycles. The van der Waals surface area contributed by atoms with Crippen LogP contribution in [-0.4, -0.2) is 89.3 Å². The molecule has 0 saturated carbocycles. The Hall–Kier alpha value is -1.17. The fourth-order valence-electron chi connectivity index (χ4n) is 5.37. The van der Waals surface area contributed by atoms with Crippen LogP contribution in [0.5, 0.6) is 0 Å². The summed E-state index contributed by atoms with van der Waals surface area (Å²) in [7, 11) is 0. The van der Waals surface area contributed by atoms with Gasteiger partial charge in [0.05, 0.1) is 30.9 Å². The van der Waals surface area contributed by atoms with E-state index in [1.54, 1.807) is 11.8 Å². The molecule has 6 unspecified atom stereocenters. The summed E-state index contributed by atoms with van der Waals surface area (Å²) in [4.78, 5) is 27.9. The van der Waals surface area contributed by atoms with E-state index in [2.05, 4.69) is 39.4 Å². The van der Waals surface area contributed by atoms with Crippen molar-refractivity contribution >= 4 is 23.6 Å². The molecule has 2 amide bonds. The van der Waals surface area contributed by atoms with Crippen LogP contribution >= 0.6 is 11.8 Å². The Morgan fingerprint density at radius 3 is 2.90 bits per heavy atom. The van der Waals surface area contributed by atoms with E-state index in [4.69, 9.17) is 4.74 Å². The molecule has 4 fully saturated rings. The van der Waals surface area contributed by atoms with Gasteiger partial charge in [-0.25, -0.2) is 0 Å². The number of morpholine rings is 1. The first-order chi connectivity index (χ1) is 14.7. The van der Waals surface area contributed by atoms with Crippen LogP contribution < -0.4 is 16.0 Å². The maximum Gasteiger partial charge on any atom is 0.249 e. The number of ether oxygens (including phenoxy) is 1. The molecule has 4 saturated heterocycles. The second-order valence-electron chi connectivity index (χ2n) is 8.65. The molecular formula is C20H32N6O3S. The van der Waals surface area contributed by atoms with Crippen LogP contribution in [0.2, 0.25) is 0 Å². The molecule has 9 nitrogen and oxygen atoms in total. The van der Waals surface area contributed by atoms with E-state index in [9.17, 15) is 9.59 Å². The Morgan fingerprint density at radius 2 is 2.03 bits per heavy atom. The number of hydrogen-bond donors (Lipinski definition) is 3. The van der Waals surface area contributed by atoms with Crippen LogP contribution in [0.25, 0.3) is 0 Å². The summed E-state index contributed by atoms with van der Waals surface area (Å²) in [6, 6.07) is 0. The van der Waals surface area contributed by atoms with Gasteiger partial charge in [-0.2, -0.15) is 5.01 Å². The first-order valence-electron chi connectivity index (χ1n) is 11.1. The minimum Gasteiger partial charge on any atom is -0.365 e. The number of allylic oxidation sites excluding steroid dienone is 1. The van der Waals surface area contributed by atoms with Crippen molar-refractivity contribution in [2.45, 2.75) is 62.2 Å². The average molecular weight is 437 g/mol. The smallest absolute Gasteiger partial charge is 0.249 e. The van der Waals surface area contributed by atoms with Gasteiger partial charge < -0.3 is 9.64 Å². The van der Waals surface area contributed by atoms with Gasteiger partial charge in [0.25, 0.3) is 0 Å². The lowest BCUT2D eigenvalue weighted by Gasteiger charge is -2.50. The van der Waals surface area contributed by atoms with E-state index in [-0.39, 0.29) is 54.4 Å². The average Bonchev–Trinajstić information content (AvgIpc) is 3.05. The standard InChI is InChI=1S/C20H32N6O3S/c1-30-20-21-11-13-17(23-20)26-15-8-7-14-18(22-15)24(16(27)12-29-14)9-5-3-2-4-6-10-25(26)19(13)28/h4,6,13-15,17-18,20-23H,2-3,5,7-12H2,1H3/b6-4+. The lowest BCUT2D eigenvalue weighted by atomic mass is 9.99. The lowest BCUT2D eigenvalue weighted by Crippen LogP contribution is -2.71. The third-order valence-electron chi connectivity index (χ3n) is 6.90. The summed E-state index contributed by atoms with van der Waals surface area (Å²) in [6.07, 6.45) is 10.9. The van der Waals surface area contributed by atoms with Gasteiger partial charge in [0.2, 0.25) is 11.8 Å². The molecule has 2 bridgehead atoms. The van der Waals surface area contributed by atoms with E-state index < -0.39 is 0 Å². The number of amides is 2. The van der Waals surface area contributed by atoms with E-state index in [0.29, 0.717) is 13.1 Å². The maximum atomic E-state index is 13.3. The van der Waals surface area contributed by atoms with Crippen molar-refractivity contribution in [1.82, 2.24) is 30.9 Å². The van der Waals surface area contributed by atoms with Gasteiger partial charge in [0.15, 0.2) is 0 Å². The zero-order chi connectivity index (χ0) is 20.7. The second kappa shape index (κ2) is 8.76. The summed E-state index contributed by atoms with van der Waals surface area (Å²) in [5.41, 5.74) is 0.117. The highest BCUT2D eigenvalue weighted by Crippen LogP contribution is 2.34. The van der Waals surface area contributed by atoms with E-state index >= 15 is 0 Å². The van der Waals surface area contributed by atoms with Crippen molar-refractivity contribution in [3.05, 3.63) is 12.2 Å². The molecule has 5 aliphatic rings. The topological polar surface area (TPSA) is 89.2 Å². The van der Waals surface area contributed by atoms with Crippen LogP contribution in [0.3, 0.4) is 0 Å². The molecule has 0 aromatic heterocycles. The Bertz CT molecular complexity index is 708. The molecule has 5 rings (SSSR count). The van der Waals surface area contributed by atoms with Crippen molar-refractivity contribution in [2.24, 2.45) is 5.92 Å². The highest BCUT2D eigenvalue weighted by molar-refractivity contribution is 7.99. The summed E-state index contributed by atoms with van der Waals surface area (Å²) in [6.45, 7) is 2.19. The zero-order valence-corrected chi connectivity index (χ0v) is 18.3.